The Labute approximate surface area is 218 Å². The van der Waals surface area contributed by atoms with Gasteiger partial charge in [-0.1, -0.05) is 23.4 Å². The molecule has 0 aliphatic carbocycles. The van der Waals surface area contributed by atoms with Gasteiger partial charge in [0.25, 0.3) is 0 Å². The van der Waals surface area contributed by atoms with Crippen LogP contribution in [0.4, 0.5) is 4.39 Å². The van der Waals surface area contributed by atoms with Crippen molar-refractivity contribution in [3.05, 3.63) is 47.1 Å². The van der Waals surface area contributed by atoms with E-state index >= 15 is 0 Å². The molecule has 3 heterocycles. The largest absolute Gasteiger partial charge is 0.356 e. The Morgan fingerprint density at radius 1 is 1.14 bits per heavy atom. The monoisotopic (exact) mass is 533 g/mol. The minimum Gasteiger partial charge on any atom is -0.356 e. The summed E-state index contributed by atoms with van der Waals surface area (Å²) in [6, 6.07) is 6.20. The number of piperidine rings is 1. The fourth-order valence-electron chi connectivity index (χ4n) is 4.79. The molecule has 2 fully saturated rings. The molecule has 37 heavy (non-hydrogen) atoms. The van der Waals surface area contributed by atoms with Gasteiger partial charge >= 0.3 is 0 Å². The summed E-state index contributed by atoms with van der Waals surface area (Å²) in [5.41, 5.74) is 0.559. The maximum Gasteiger partial charge on any atom is 0.248 e. The summed E-state index contributed by atoms with van der Waals surface area (Å²) >= 11 is 0. The SMILES string of the molecule is Cc1noc(C=Cc2ccccc2F)c1S(=O)(=O)N1CCC(C(=O)NCCCN2CCN(C)CC2)CC1. The third-order valence-corrected chi connectivity index (χ3v) is 9.18. The molecule has 2 saturated heterocycles. The van der Waals surface area contributed by atoms with Crippen molar-refractivity contribution in [2.24, 2.45) is 5.92 Å². The lowest BCUT2D eigenvalue weighted by Crippen LogP contribution is -2.45. The van der Waals surface area contributed by atoms with Crippen LogP contribution in [0.2, 0.25) is 0 Å². The number of amides is 1. The van der Waals surface area contributed by atoms with Crippen molar-refractivity contribution < 1.29 is 22.1 Å². The lowest BCUT2D eigenvalue weighted by Gasteiger charge is -2.32. The van der Waals surface area contributed by atoms with Crippen LogP contribution in [0.5, 0.6) is 0 Å². The van der Waals surface area contributed by atoms with Crippen LogP contribution in [-0.4, -0.2) is 93.0 Å². The molecule has 4 rings (SSSR count). The number of halogens is 1. The fourth-order valence-corrected chi connectivity index (χ4v) is 6.51. The highest BCUT2D eigenvalue weighted by atomic mass is 32.2. The maximum absolute atomic E-state index is 14.0. The van der Waals surface area contributed by atoms with Crippen LogP contribution >= 0.6 is 0 Å². The molecular formula is C26H36FN5O4S. The number of sulfonamides is 1. The second kappa shape index (κ2) is 12.3. The van der Waals surface area contributed by atoms with Gasteiger partial charge in [-0.2, -0.15) is 4.31 Å². The van der Waals surface area contributed by atoms with Crippen LogP contribution in [0.1, 0.15) is 36.3 Å². The number of hydrogen-bond acceptors (Lipinski definition) is 7. The highest BCUT2D eigenvalue weighted by molar-refractivity contribution is 7.89. The molecule has 0 spiro atoms. The molecule has 0 saturated carbocycles. The molecule has 0 bridgehead atoms. The number of benzene rings is 1. The smallest absolute Gasteiger partial charge is 0.248 e. The van der Waals surface area contributed by atoms with Crippen molar-refractivity contribution in [2.45, 2.75) is 31.1 Å². The van der Waals surface area contributed by atoms with Gasteiger partial charge in [0.05, 0.1) is 0 Å². The zero-order chi connectivity index (χ0) is 26.4. The van der Waals surface area contributed by atoms with Crippen molar-refractivity contribution in [1.29, 1.82) is 0 Å². The Balaban J connectivity index is 1.29. The Morgan fingerprint density at radius 3 is 2.54 bits per heavy atom. The molecule has 11 heteroatoms. The van der Waals surface area contributed by atoms with Gasteiger partial charge in [-0.15, -0.1) is 0 Å². The zero-order valence-corrected chi connectivity index (χ0v) is 22.3. The number of nitrogens with zero attached hydrogens (tertiary/aromatic N) is 4. The molecule has 2 aliphatic rings. The lowest BCUT2D eigenvalue weighted by molar-refractivity contribution is -0.126. The number of rotatable bonds is 9. The number of hydrogen-bond donors (Lipinski definition) is 1. The quantitative estimate of drug-likeness (QED) is 0.495. The van der Waals surface area contributed by atoms with Gasteiger partial charge in [-0.3, -0.25) is 4.79 Å². The predicted octanol–water partition coefficient (Wildman–Crippen LogP) is 2.45. The number of nitrogens with one attached hydrogen (secondary N) is 1. The molecule has 1 aromatic heterocycles. The summed E-state index contributed by atoms with van der Waals surface area (Å²) in [5, 5.41) is 6.87. The first kappa shape index (κ1) is 27.4. The number of aromatic nitrogens is 1. The van der Waals surface area contributed by atoms with Crippen LogP contribution in [0.15, 0.2) is 33.7 Å². The number of likely N-dealkylation sites (N-methyl/N-ethyl adjacent to an activating group) is 1. The van der Waals surface area contributed by atoms with E-state index in [2.05, 4.69) is 27.3 Å². The number of carbonyl (C=O) groups is 1. The molecule has 1 aromatic carbocycles. The summed E-state index contributed by atoms with van der Waals surface area (Å²) in [6.45, 7) is 7.91. The minimum atomic E-state index is -3.89. The van der Waals surface area contributed by atoms with Crippen molar-refractivity contribution in [2.75, 3.05) is 59.4 Å². The third-order valence-electron chi connectivity index (χ3n) is 7.12. The van der Waals surface area contributed by atoms with E-state index in [4.69, 9.17) is 4.52 Å². The second-order valence-electron chi connectivity index (χ2n) is 9.78. The summed E-state index contributed by atoms with van der Waals surface area (Å²) in [5.74, 6) is -0.579. The maximum atomic E-state index is 14.0. The Morgan fingerprint density at radius 2 is 1.84 bits per heavy atom. The van der Waals surface area contributed by atoms with E-state index in [0.717, 1.165) is 39.1 Å². The van der Waals surface area contributed by atoms with E-state index in [1.165, 1.54) is 22.5 Å². The summed E-state index contributed by atoms with van der Waals surface area (Å²) < 4.78 is 47.5. The average molecular weight is 534 g/mol. The summed E-state index contributed by atoms with van der Waals surface area (Å²) in [4.78, 5) is 17.4. The van der Waals surface area contributed by atoms with Crippen LogP contribution < -0.4 is 5.32 Å². The highest BCUT2D eigenvalue weighted by Crippen LogP contribution is 2.29. The van der Waals surface area contributed by atoms with Gasteiger partial charge in [-0.25, -0.2) is 12.8 Å². The van der Waals surface area contributed by atoms with Crippen LogP contribution in [0.3, 0.4) is 0 Å². The van der Waals surface area contributed by atoms with Crippen molar-refractivity contribution >= 4 is 28.1 Å². The van der Waals surface area contributed by atoms with Crippen molar-refractivity contribution in [3.8, 4) is 0 Å². The normalized spacial score (nSPS) is 19.0. The summed E-state index contributed by atoms with van der Waals surface area (Å²) in [6.07, 6.45) is 4.70. The molecule has 0 radical (unpaired) electrons. The van der Waals surface area contributed by atoms with Gasteiger partial charge in [0.1, 0.15) is 11.5 Å². The van der Waals surface area contributed by atoms with Crippen LogP contribution in [0.25, 0.3) is 12.2 Å². The first-order chi connectivity index (χ1) is 17.8. The van der Waals surface area contributed by atoms with Crippen molar-refractivity contribution in [3.63, 3.8) is 0 Å². The number of aryl methyl sites for hydroxylation is 1. The van der Waals surface area contributed by atoms with Gasteiger partial charge in [0.15, 0.2) is 10.7 Å². The number of carbonyl (C=O) groups excluding carboxylic acids is 1. The first-order valence-electron chi connectivity index (χ1n) is 12.8. The standard InChI is InChI=1S/C26H36FN5O4S/c1-20-25(24(36-29-20)9-8-21-6-3-4-7-23(21)27)37(34,35)32-14-10-22(11-15-32)26(33)28-12-5-13-31-18-16-30(2)17-19-31/h3-4,6-9,22H,5,10-19H2,1-2H3,(H,28,33). The fraction of sp³-hybridized carbons (Fsp3) is 0.538. The van der Waals surface area contributed by atoms with Crippen molar-refractivity contribution in [1.82, 2.24) is 24.6 Å². The Bertz CT molecular complexity index is 1200. The lowest BCUT2D eigenvalue weighted by atomic mass is 9.97. The van der Waals surface area contributed by atoms with E-state index in [0.29, 0.717) is 24.9 Å². The molecule has 202 valence electrons. The molecule has 9 nitrogen and oxygen atoms in total. The minimum absolute atomic E-state index is 0.00917. The average Bonchev–Trinajstić information content (AvgIpc) is 3.28. The van der Waals surface area contributed by atoms with Gasteiger partial charge in [0.2, 0.25) is 15.9 Å². The van der Waals surface area contributed by atoms with Crippen LogP contribution in [0, 0.1) is 18.7 Å². The van der Waals surface area contributed by atoms with Gasteiger partial charge < -0.3 is 19.6 Å². The molecule has 0 atom stereocenters. The Hall–Kier alpha value is -2.60. The van der Waals surface area contributed by atoms with E-state index in [-0.39, 0.29) is 41.3 Å². The van der Waals surface area contributed by atoms with Crippen LogP contribution in [-0.2, 0) is 14.8 Å². The zero-order valence-electron chi connectivity index (χ0n) is 21.5. The number of piperazine rings is 1. The molecule has 2 aromatic rings. The van der Waals surface area contributed by atoms with Gasteiger partial charge in [0, 0.05) is 57.3 Å². The molecule has 1 N–H and O–H groups in total. The highest BCUT2D eigenvalue weighted by Gasteiger charge is 2.35. The van der Waals surface area contributed by atoms with E-state index in [1.807, 2.05) is 0 Å². The predicted molar refractivity (Wildman–Crippen MR) is 140 cm³/mol. The third kappa shape index (κ3) is 6.84. The second-order valence-corrected chi connectivity index (χ2v) is 11.7. The summed E-state index contributed by atoms with van der Waals surface area (Å²) in [7, 11) is -1.76. The topological polar surface area (TPSA) is 99.0 Å². The van der Waals surface area contributed by atoms with E-state index in [9.17, 15) is 17.6 Å². The first-order valence-corrected chi connectivity index (χ1v) is 14.3. The van der Waals surface area contributed by atoms with E-state index in [1.54, 1.807) is 25.1 Å². The molecular weight excluding hydrogens is 497 g/mol. The molecule has 1 amide bonds. The van der Waals surface area contributed by atoms with Gasteiger partial charge in [-0.05, 0) is 58.0 Å². The molecule has 0 unspecified atom stereocenters. The molecule has 2 aliphatic heterocycles. The van der Waals surface area contributed by atoms with E-state index < -0.39 is 15.8 Å². The Kier molecular flexibility index (Phi) is 9.12.